The second-order valence-corrected chi connectivity index (χ2v) is 5.69. The Morgan fingerprint density at radius 3 is 2.44 bits per heavy atom. The fraction of sp³-hybridized carbons (Fsp3) is 0.136. The molecule has 1 aromatic heterocycles. The standard InChI is InChI=1S/C22H21NO4/c1-25-20-11-5-6-12-21(20)27-15-13-23-22(24)19(16-18-10-7-14-26-18)17-8-3-2-4-9-17/h2-12,14,16H,13,15H2,1H3,(H,23,24)/b19-16+. The fourth-order valence-electron chi connectivity index (χ4n) is 2.57. The molecule has 0 bridgehead atoms. The van der Waals surface area contributed by atoms with Crippen molar-refractivity contribution in [2.45, 2.75) is 0 Å². The van der Waals surface area contributed by atoms with E-state index >= 15 is 0 Å². The second-order valence-electron chi connectivity index (χ2n) is 5.69. The lowest BCUT2D eigenvalue weighted by Crippen LogP contribution is -2.28. The van der Waals surface area contributed by atoms with Crippen molar-refractivity contribution in [3.8, 4) is 11.5 Å². The lowest BCUT2D eigenvalue weighted by Gasteiger charge is -2.12. The highest BCUT2D eigenvalue weighted by atomic mass is 16.5. The topological polar surface area (TPSA) is 60.7 Å². The predicted octanol–water partition coefficient (Wildman–Crippen LogP) is 4.02. The van der Waals surface area contributed by atoms with Crippen LogP contribution in [0, 0.1) is 0 Å². The summed E-state index contributed by atoms with van der Waals surface area (Å²) in [5.74, 6) is 1.73. The molecule has 0 radical (unpaired) electrons. The van der Waals surface area contributed by atoms with E-state index in [2.05, 4.69) is 5.32 Å². The van der Waals surface area contributed by atoms with Gasteiger partial charge in [0.1, 0.15) is 12.4 Å². The summed E-state index contributed by atoms with van der Waals surface area (Å²) >= 11 is 0. The number of benzene rings is 2. The Morgan fingerprint density at radius 1 is 1.00 bits per heavy atom. The summed E-state index contributed by atoms with van der Waals surface area (Å²) in [5.41, 5.74) is 1.35. The monoisotopic (exact) mass is 363 g/mol. The Bertz CT molecular complexity index is 886. The zero-order valence-electron chi connectivity index (χ0n) is 15.1. The minimum absolute atomic E-state index is 0.193. The summed E-state index contributed by atoms with van der Waals surface area (Å²) < 4.78 is 16.3. The number of carbonyl (C=O) groups excluding carboxylic acids is 1. The Balaban J connectivity index is 1.63. The van der Waals surface area contributed by atoms with Crippen LogP contribution in [0.3, 0.4) is 0 Å². The number of amides is 1. The van der Waals surface area contributed by atoms with Gasteiger partial charge in [-0.25, -0.2) is 0 Å². The third-order valence-electron chi connectivity index (χ3n) is 3.87. The van der Waals surface area contributed by atoms with E-state index in [1.807, 2.05) is 54.6 Å². The molecule has 3 aromatic rings. The first-order chi connectivity index (χ1) is 13.3. The third-order valence-corrected chi connectivity index (χ3v) is 3.87. The number of para-hydroxylation sites is 2. The molecule has 0 saturated carbocycles. The van der Waals surface area contributed by atoms with Gasteiger partial charge in [0.25, 0.3) is 5.91 Å². The molecule has 0 fully saturated rings. The Kier molecular flexibility index (Phi) is 6.30. The van der Waals surface area contributed by atoms with Crippen LogP contribution >= 0.6 is 0 Å². The SMILES string of the molecule is COc1ccccc1OCCNC(=O)/C(=C/c1ccco1)c1ccccc1. The van der Waals surface area contributed by atoms with Gasteiger partial charge in [0.05, 0.1) is 25.5 Å². The maximum absolute atomic E-state index is 12.7. The van der Waals surface area contributed by atoms with Crippen molar-refractivity contribution in [1.29, 1.82) is 0 Å². The molecule has 2 aromatic carbocycles. The highest BCUT2D eigenvalue weighted by molar-refractivity contribution is 6.24. The van der Waals surface area contributed by atoms with E-state index in [1.54, 1.807) is 31.6 Å². The number of carbonyl (C=O) groups is 1. The summed E-state index contributed by atoms with van der Waals surface area (Å²) in [5, 5.41) is 2.89. The summed E-state index contributed by atoms with van der Waals surface area (Å²) in [6, 6.07) is 20.5. The number of rotatable bonds is 8. The quantitative estimate of drug-likeness (QED) is 0.485. The maximum atomic E-state index is 12.7. The van der Waals surface area contributed by atoms with Crippen LogP contribution in [0.2, 0.25) is 0 Å². The van der Waals surface area contributed by atoms with Gasteiger partial charge in [-0.2, -0.15) is 0 Å². The molecule has 0 spiro atoms. The largest absolute Gasteiger partial charge is 0.493 e. The van der Waals surface area contributed by atoms with Crippen molar-refractivity contribution in [1.82, 2.24) is 5.32 Å². The van der Waals surface area contributed by atoms with Gasteiger partial charge in [-0.05, 0) is 35.9 Å². The normalized spacial score (nSPS) is 11.1. The van der Waals surface area contributed by atoms with Crippen LogP contribution in [0.5, 0.6) is 11.5 Å². The zero-order valence-corrected chi connectivity index (χ0v) is 15.1. The molecular formula is C22H21NO4. The molecule has 138 valence electrons. The number of ether oxygens (including phenoxy) is 2. The second kappa shape index (κ2) is 9.29. The molecule has 0 unspecified atom stereocenters. The Morgan fingerprint density at radius 2 is 1.74 bits per heavy atom. The lowest BCUT2D eigenvalue weighted by molar-refractivity contribution is -0.115. The van der Waals surface area contributed by atoms with Crippen LogP contribution in [0.1, 0.15) is 11.3 Å². The molecule has 27 heavy (non-hydrogen) atoms. The van der Waals surface area contributed by atoms with Gasteiger partial charge in [0.2, 0.25) is 0 Å². The summed E-state index contributed by atoms with van der Waals surface area (Å²) in [4.78, 5) is 12.7. The van der Waals surface area contributed by atoms with Crippen LogP contribution in [0.25, 0.3) is 11.6 Å². The van der Waals surface area contributed by atoms with Crippen molar-refractivity contribution >= 4 is 17.6 Å². The molecule has 0 aliphatic carbocycles. The van der Waals surface area contributed by atoms with Crippen molar-refractivity contribution in [3.63, 3.8) is 0 Å². The third kappa shape index (κ3) is 5.01. The molecule has 5 nitrogen and oxygen atoms in total. The van der Waals surface area contributed by atoms with E-state index in [1.165, 1.54) is 0 Å². The number of hydrogen-bond acceptors (Lipinski definition) is 4. The molecule has 5 heteroatoms. The molecule has 1 N–H and O–H groups in total. The van der Waals surface area contributed by atoms with Crippen LogP contribution < -0.4 is 14.8 Å². The highest BCUT2D eigenvalue weighted by Gasteiger charge is 2.12. The molecule has 1 amide bonds. The average Bonchev–Trinajstić information content (AvgIpc) is 3.23. The van der Waals surface area contributed by atoms with Crippen molar-refractivity contribution in [2.24, 2.45) is 0 Å². The summed E-state index contributed by atoms with van der Waals surface area (Å²) in [6.07, 6.45) is 3.30. The molecule has 0 atom stereocenters. The smallest absolute Gasteiger partial charge is 0.252 e. The van der Waals surface area contributed by atoms with E-state index in [0.717, 1.165) is 5.56 Å². The Hall–Kier alpha value is -3.47. The van der Waals surface area contributed by atoms with E-state index < -0.39 is 0 Å². The average molecular weight is 363 g/mol. The maximum Gasteiger partial charge on any atom is 0.252 e. The van der Waals surface area contributed by atoms with Crippen LogP contribution in [-0.4, -0.2) is 26.2 Å². The van der Waals surface area contributed by atoms with Gasteiger partial charge in [0, 0.05) is 0 Å². The van der Waals surface area contributed by atoms with Gasteiger partial charge < -0.3 is 19.2 Å². The first-order valence-electron chi connectivity index (χ1n) is 8.62. The van der Waals surface area contributed by atoms with Gasteiger partial charge >= 0.3 is 0 Å². The molecular weight excluding hydrogens is 342 g/mol. The van der Waals surface area contributed by atoms with Gasteiger partial charge in [0.15, 0.2) is 11.5 Å². The summed E-state index contributed by atoms with van der Waals surface area (Å²) in [7, 11) is 1.59. The number of methoxy groups -OCH3 is 1. The first-order valence-corrected chi connectivity index (χ1v) is 8.62. The van der Waals surface area contributed by atoms with Crippen LogP contribution in [-0.2, 0) is 4.79 Å². The minimum atomic E-state index is -0.193. The van der Waals surface area contributed by atoms with Gasteiger partial charge in [-0.1, -0.05) is 42.5 Å². The van der Waals surface area contributed by atoms with Crippen LogP contribution in [0.4, 0.5) is 0 Å². The number of hydrogen-bond donors (Lipinski definition) is 1. The van der Waals surface area contributed by atoms with E-state index in [4.69, 9.17) is 13.9 Å². The van der Waals surface area contributed by atoms with E-state index in [9.17, 15) is 4.79 Å². The van der Waals surface area contributed by atoms with Crippen LogP contribution in [0.15, 0.2) is 77.4 Å². The molecule has 3 rings (SSSR count). The lowest BCUT2D eigenvalue weighted by atomic mass is 10.0. The molecule has 0 saturated heterocycles. The number of furan rings is 1. The van der Waals surface area contributed by atoms with Crippen molar-refractivity contribution < 1.29 is 18.7 Å². The first kappa shape index (κ1) is 18.3. The van der Waals surface area contributed by atoms with Gasteiger partial charge in [-0.3, -0.25) is 4.79 Å². The minimum Gasteiger partial charge on any atom is -0.493 e. The van der Waals surface area contributed by atoms with Crippen molar-refractivity contribution in [3.05, 3.63) is 84.3 Å². The number of nitrogens with one attached hydrogen (secondary N) is 1. The van der Waals surface area contributed by atoms with Crippen molar-refractivity contribution in [2.75, 3.05) is 20.3 Å². The molecule has 1 heterocycles. The molecule has 0 aliphatic rings. The van der Waals surface area contributed by atoms with Gasteiger partial charge in [-0.15, -0.1) is 0 Å². The zero-order chi connectivity index (χ0) is 18.9. The Labute approximate surface area is 158 Å². The predicted molar refractivity (Wildman–Crippen MR) is 105 cm³/mol. The molecule has 0 aliphatic heterocycles. The van der Waals surface area contributed by atoms with E-state index in [0.29, 0.717) is 36.0 Å². The fourth-order valence-corrected chi connectivity index (χ4v) is 2.57. The summed E-state index contributed by atoms with van der Waals surface area (Å²) in [6.45, 7) is 0.689. The highest BCUT2D eigenvalue weighted by Crippen LogP contribution is 2.25. The van der Waals surface area contributed by atoms with E-state index in [-0.39, 0.29) is 5.91 Å².